The van der Waals surface area contributed by atoms with Crippen molar-refractivity contribution in [2.24, 2.45) is 11.3 Å². The molecule has 0 radical (unpaired) electrons. The van der Waals surface area contributed by atoms with Gasteiger partial charge in [0.25, 0.3) is 0 Å². The first-order chi connectivity index (χ1) is 9.62. The molecule has 5 nitrogen and oxygen atoms in total. The zero-order valence-corrected chi connectivity index (χ0v) is 13.1. The van der Waals surface area contributed by atoms with Gasteiger partial charge in [0.2, 0.25) is 5.91 Å². The van der Waals surface area contributed by atoms with Gasteiger partial charge in [-0.1, -0.05) is 20.8 Å². The summed E-state index contributed by atoms with van der Waals surface area (Å²) in [6.45, 7) is 8.85. The fraction of sp³-hybridized carbons (Fsp3) is 0.933. The zero-order chi connectivity index (χ0) is 15.0. The summed E-state index contributed by atoms with van der Waals surface area (Å²) >= 11 is 0. The van der Waals surface area contributed by atoms with Crippen molar-refractivity contribution in [3.8, 4) is 0 Å². The summed E-state index contributed by atoms with van der Waals surface area (Å²) in [4.78, 5) is 12.3. The number of hydrogen-bond donors (Lipinski definition) is 3. The van der Waals surface area contributed by atoms with Crippen molar-refractivity contribution in [1.82, 2.24) is 10.6 Å². The summed E-state index contributed by atoms with van der Waals surface area (Å²) in [5.74, 6) is -0.0810. The Labute approximate surface area is 122 Å². The van der Waals surface area contributed by atoms with E-state index in [4.69, 9.17) is 4.74 Å². The van der Waals surface area contributed by atoms with Gasteiger partial charge in [0, 0.05) is 18.0 Å². The van der Waals surface area contributed by atoms with Crippen LogP contribution in [0.2, 0.25) is 0 Å². The van der Waals surface area contributed by atoms with E-state index < -0.39 is 0 Å². The van der Waals surface area contributed by atoms with Crippen LogP contribution in [0, 0.1) is 11.3 Å². The van der Waals surface area contributed by atoms with Crippen molar-refractivity contribution in [2.75, 3.05) is 32.9 Å². The molecule has 3 N–H and O–H groups in total. The lowest BCUT2D eigenvalue weighted by Crippen LogP contribution is -2.47. The molecule has 1 aliphatic rings. The Morgan fingerprint density at radius 1 is 1.30 bits per heavy atom. The van der Waals surface area contributed by atoms with Crippen LogP contribution in [0.1, 0.15) is 40.0 Å². The van der Waals surface area contributed by atoms with Crippen molar-refractivity contribution in [2.45, 2.75) is 46.1 Å². The van der Waals surface area contributed by atoms with E-state index in [1.54, 1.807) is 0 Å². The lowest BCUT2D eigenvalue weighted by atomic mass is 9.83. The molecular weight excluding hydrogens is 256 g/mol. The van der Waals surface area contributed by atoms with Gasteiger partial charge in [0.05, 0.1) is 25.7 Å². The summed E-state index contributed by atoms with van der Waals surface area (Å²) in [5.41, 5.74) is -0.193. The molecule has 20 heavy (non-hydrogen) atoms. The molecule has 0 aromatic heterocycles. The number of carbonyl (C=O) groups excluding carboxylic acids is 1. The van der Waals surface area contributed by atoms with E-state index in [2.05, 4.69) is 31.4 Å². The van der Waals surface area contributed by atoms with Gasteiger partial charge in [0.15, 0.2) is 0 Å². The maximum absolute atomic E-state index is 12.3. The van der Waals surface area contributed by atoms with Crippen LogP contribution < -0.4 is 10.6 Å². The van der Waals surface area contributed by atoms with Crippen molar-refractivity contribution in [1.29, 1.82) is 0 Å². The van der Waals surface area contributed by atoms with E-state index in [9.17, 15) is 9.90 Å². The van der Waals surface area contributed by atoms with Crippen LogP contribution in [0.3, 0.4) is 0 Å². The number of carbonyl (C=O) groups is 1. The molecule has 0 bridgehead atoms. The van der Waals surface area contributed by atoms with Gasteiger partial charge in [-0.3, -0.25) is 4.79 Å². The largest absolute Gasteiger partial charge is 0.396 e. The topological polar surface area (TPSA) is 70.6 Å². The molecule has 2 unspecified atom stereocenters. The minimum absolute atomic E-state index is 0.0378. The van der Waals surface area contributed by atoms with Gasteiger partial charge in [-0.2, -0.15) is 0 Å². The van der Waals surface area contributed by atoms with Crippen LogP contribution in [0.5, 0.6) is 0 Å². The summed E-state index contributed by atoms with van der Waals surface area (Å²) in [7, 11) is 0. The Hall–Kier alpha value is -0.650. The summed E-state index contributed by atoms with van der Waals surface area (Å²) in [6, 6.07) is 0.113. The Balaban J connectivity index is 2.49. The van der Waals surface area contributed by atoms with Gasteiger partial charge < -0.3 is 20.5 Å². The van der Waals surface area contributed by atoms with Crippen LogP contribution in [-0.2, 0) is 9.53 Å². The number of hydrogen-bond acceptors (Lipinski definition) is 4. The third-order valence-electron chi connectivity index (χ3n) is 4.55. The molecule has 1 amide bonds. The molecule has 1 aliphatic heterocycles. The van der Waals surface area contributed by atoms with Crippen LogP contribution in [0.15, 0.2) is 0 Å². The van der Waals surface area contributed by atoms with Crippen LogP contribution in [0.4, 0.5) is 0 Å². The highest BCUT2D eigenvalue weighted by Gasteiger charge is 2.35. The molecule has 5 heteroatoms. The second-order valence-electron chi connectivity index (χ2n) is 5.79. The molecule has 0 aromatic carbocycles. The Morgan fingerprint density at radius 3 is 2.55 bits per heavy atom. The van der Waals surface area contributed by atoms with Gasteiger partial charge in [-0.15, -0.1) is 0 Å². The van der Waals surface area contributed by atoms with Crippen molar-refractivity contribution >= 4 is 5.91 Å². The van der Waals surface area contributed by atoms with Crippen LogP contribution >= 0.6 is 0 Å². The predicted octanol–water partition coefficient (Wildman–Crippen LogP) is 0.916. The number of ether oxygens (including phenoxy) is 1. The van der Waals surface area contributed by atoms with E-state index in [0.29, 0.717) is 19.8 Å². The lowest BCUT2D eigenvalue weighted by molar-refractivity contribution is -0.126. The fourth-order valence-corrected chi connectivity index (χ4v) is 2.53. The second kappa shape index (κ2) is 8.60. The van der Waals surface area contributed by atoms with E-state index in [1.807, 2.05) is 0 Å². The minimum Gasteiger partial charge on any atom is -0.396 e. The number of rotatable bonds is 9. The van der Waals surface area contributed by atoms with Crippen molar-refractivity contribution in [3.05, 3.63) is 0 Å². The first kappa shape index (κ1) is 17.4. The third kappa shape index (κ3) is 4.43. The number of aliphatic hydroxyl groups excluding tert-OH is 1. The first-order valence-electron chi connectivity index (χ1n) is 7.82. The minimum atomic E-state index is -0.193. The summed E-state index contributed by atoms with van der Waals surface area (Å²) in [5, 5.41) is 15.9. The Morgan fingerprint density at radius 2 is 2.00 bits per heavy atom. The summed E-state index contributed by atoms with van der Waals surface area (Å²) in [6.07, 6.45) is 2.77. The molecular formula is C15H30N2O3. The quantitative estimate of drug-likeness (QED) is 0.589. The van der Waals surface area contributed by atoms with Crippen molar-refractivity contribution < 1.29 is 14.6 Å². The molecule has 0 spiro atoms. The molecule has 0 saturated carbocycles. The normalized spacial score (nSPS) is 23.0. The maximum Gasteiger partial charge on any atom is 0.227 e. The number of aliphatic hydroxyl groups is 1. The van der Waals surface area contributed by atoms with Crippen molar-refractivity contribution in [3.63, 3.8) is 0 Å². The number of nitrogens with one attached hydrogen (secondary N) is 2. The molecule has 0 aliphatic carbocycles. The molecule has 1 heterocycles. The monoisotopic (exact) mass is 286 g/mol. The van der Waals surface area contributed by atoms with Crippen LogP contribution in [-0.4, -0.2) is 50.0 Å². The Bertz CT molecular complexity index is 285. The predicted molar refractivity (Wildman–Crippen MR) is 79.5 cm³/mol. The standard InChI is InChI=1S/C15H30N2O3/c1-4-7-16-13-9-20-8-12(13)14(19)17-10-15(5-2,6-3)11-18/h12-13,16,18H,4-11H2,1-3H3,(H,17,19). The fourth-order valence-electron chi connectivity index (χ4n) is 2.53. The maximum atomic E-state index is 12.3. The summed E-state index contributed by atoms with van der Waals surface area (Å²) < 4.78 is 5.43. The molecule has 1 fully saturated rings. The average molecular weight is 286 g/mol. The third-order valence-corrected chi connectivity index (χ3v) is 4.55. The average Bonchev–Trinajstić information content (AvgIpc) is 2.95. The van der Waals surface area contributed by atoms with E-state index in [1.165, 1.54) is 0 Å². The highest BCUT2D eigenvalue weighted by atomic mass is 16.5. The van der Waals surface area contributed by atoms with Crippen LogP contribution in [0.25, 0.3) is 0 Å². The molecule has 2 atom stereocenters. The highest BCUT2D eigenvalue weighted by molar-refractivity contribution is 5.79. The van der Waals surface area contributed by atoms with Gasteiger partial charge in [0.1, 0.15) is 0 Å². The molecule has 118 valence electrons. The lowest BCUT2D eigenvalue weighted by Gasteiger charge is -2.30. The van der Waals surface area contributed by atoms with Gasteiger partial charge >= 0.3 is 0 Å². The second-order valence-corrected chi connectivity index (χ2v) is 5.79. The molecule has 1 rings (SSSR count). The smallest absolute Gasteiger partial charge is 0.227 e. The molecule has 1 saturated heterocycles. The number of amides is 1. The Kier molecular flexibility index (Phi) is 7.48. The SMILES string of the molecule is CCCNC1COCC1C(=O)NCC(CC)(CC)CO. The van der Waals surface area contributed by atoms with Gasteiger partial charge in [-0.05, 0) is 25.8 Å². The van der Waals surface area contributed by atoms with Gasteiger partial charge in [-0.25, -0.2) is 0 Å². The van der Waals surface area contributed by atoms with E-state index >= 15 is 0 Å². The zero-order valence-electron chi connectivity index (χ0n) is 13.1. The highest BCUT2D eigenvalue weighted by Crippen LogP contribution is 2.24. The molecule has 0 aromatic rings. The van der Waals surface area contributed by atoms with E-state index in [-0.39, 0.29) is 29.9 Å². The first-order valence-corrected chi connectivity index (χ1v) is 7.82. The van der Waals surface area contributed by atoms with E-state index in [0.717, 1.165) is 25.8 Å².